The quantitative estimate of drug-likeness (QED) is 0.0789. The molecule has 0 unspecified atom stereocenters. The molecule has 15 rings (SSSR count). The molecule has 0 saturated carbocycles. The summed E-state index contributed by atoms with van der Waals surface area (Å²) in [4.78, 5) is 15.3. The van der Waals surface area contributed by atoms with Crippen molar-refractivity contribution in [1.82, 2.24) is 0 Å². The number of para-hydroxylation sites is 3. The van der Waals surface area contributed by atoms with Gasteiger partial charge in [-0.25, -0.2) is 0 Å². The Morgan fingerprint density at radius 1 is 0.345 bits per heavy atom. The molecule has 84 heavy (non-hydrogen) atoms. The van der Waals surface area contributed by atoms with Crippen LogP contribution in [0.5, 0.6) is 0 Å². The molecule has 0 fully saturated rings. The second-order valence-corrected chi connectivity index (χ2v) is 27.0. The van der Waals surface area contributed by atoms with Gasteiger partial charge >= 0.3 is 0 Å². The van der Waals surface area contributed by atoms with Crippen molar-refractivity contribution in [2.75, 3.05) is 19.6 Å². The minimum Gasteiger partial charge on any atom is -0.311 e. The molecule has 11 aromatic rings. The van der Waals surface area contributed by atoms with Gasteiger partial charge in [-0.15, -0.1) is 0 Å². The first-order valence-electron chi connectivity index (χ1n) is 29.5. The Morgan fingerprint density at radius 2 is 0.786 bits per heavy atom. The fourth-order valence-electron chi connectivity index (χ4n) is 13.3. The Morgan fingerprint density at radius 3 is 1.32 bits per heavy atom. The first-order valence-corrected chi connectivity index (χ1v) is 33.2. The van der Waals surface area contributed by atoms with Gasteiger partial charge < -0.3 is 19.6 Å². The van der Waals surface area contributed by atoms with Crippen LogP contribution in [0, 0.1) is 7.14 Å². The van der Waals surface area contributed by atoms with Crippen LogP contribution in [-0.4, -0.2) is 13.4 Å². The van der Waals surface area contributed by atoms with Crippen molar-refractivity contribution >= 4 is 183 Å². The highest BCUT2D eigenvalue weighted by Crippen LogP contribution is 2.50. The van der Waals surface area contributed by atoms with Gasteiger partial charge in [0.2, 0.25) is 6.71 Å². The van der Waals surface area contributed by atoms with Gasteiger partial charge in [-0.3, -0.25) is 0 Å². The van der Waals surface area contributed by atoms with Gasteiger partial charge in [0, 0.05) is 89.3 Å². The Bertz CT molecular complexity index is 4280. The van der Waals surface area contributed by atoms with Crippen LogP contribution in [-0.2, 0) is 12.8 Å². The summed E-state index contributed by atoms with van der Waals surface area (Å²) < 4.78 is 2.42. The van der Waals surface area contributed by atoms with Gasteiger partial charge in [0.1, 0.15) is 0 Å². The van der Waals surface area contributed by atoms with E-state index in [4.69, 9.17) is 0 Å². The topological polar surface area (TPSA) is 13.0 Å². The van der Waals surface area contributed by atoms with Crippen molar-refractivity contribution in [2.45, 2.75) is 72.0 Å². The molecule has 0 bridgehead atoms. The Hall–Kier alpha value is -7.09. The van der Waals surface area contributed by atoms with Crippen molar-refractivity contribution < 1.29 is 0 Å². The van der Waals surface area contributed by atoms with Crippen LogP contribution < -0.4 is 52.4 Å². The van der Waals surface area contributed by atoms with E-state index in [-0.39, 0.29) is 13.4 Å². The van der Waals surface area contributed by atoms with E-state index >= 15 is 0 Å². The molecule has 406 valence electrons. The first kappa shape index (κ1) is 53.6. The van der Waals surface area contributed by atoms with E-state index in [1.54, 1.807) is 0 Å². The number of aryl methyl sites for hydroxylation is 2. The number of fused-ring (bicyclic) bond motifs is 8. The van der Waals surface area contributed by atoms with Crippen molar-refractivity contribution in [1.29, 1.82) is 0 Å². The average molecular weight is 1340 g/mol. The van der Waals surface area contributed by atoms with Crippen molar-refractivity contribution in [2.24, 2.45) is 0 Å². The Kier molecular flexibility index (Phi) is 14.5. The molecule has 0 atom stereocenters. The molecule has 4 heterocycles. The zero-order valence-corrected chi connectivity index (χ0v) is 52.8. The van der Waals surface area contributed by atoms with Gasteiger partial charge in [0.05, 0.1) is 5.69 Å². The third kappa shape index (κ3) is 9.56. The summed E-state index contributed by atoms with van der Waals surface area (Å²) >= 11 is 8.74. The number of hydrogen-bond acceptors (Lipinski definition) is 6. The van der Waals surface area contributed by atoms with Crippen molar-refractivity contribution in [3.05, 3.63) is 261 Å². The molecular weight excluding hydrogens is 1280 g/mol. The molecule has 0 amide bonds. The molecule has 0 aliphatic carbocycles. The second kappa shape index (κ2) is 22.7. The third-order valence-corrected chi connectivity index (χ3v) is 20.9. The number of unbranched alkanes of at least 4 members (excludes halogenated alkanes) is 2. The van der Waals surface area contributed by atoms with Gasteiger partial charge in [0.25, 0.3) is 6.71 Å². The molecule has 0 N–H and O–H groups in total. The molecule has 4 nitrogen and oxygen atoms in total. The molecular formula is C74H58B2I2N4S2. The van der Waals surface area contributed by atoms with Gasteiger partial charge in [-0.2, -0.15) is 0 Å². The van der Waals surface area contributed by atoms with Crippen molar-refractivity contribution in [3.8, 4) is 0 Å². The molecule has 0 saturated heterocycles. The summed E-state index contributed by atoms with van der Waals surface area (Å²) in [5.74, 6) is 0. The lowest BCUT2D eigenvalue weighted by Crippen LogP contribution is -2.64. The highest BCUT2D eigenvalue weighted by molar-refractivity contribution is 14.1. The monoisotopic (exact) mass is 1340 g/mol. The number of hydrogen-bond donors (Lipinski definition) is 0. The molecule has 10 heteroatoms. The number of benzene rings is 11. The van der Waals surface area contributed by atoms with E-state index in [1.807, 2.05) is 23.5 Å². The number of halogens is 2. The zero-order chi connectivity index (χ0) is 56.4. The van der Waals surface area contributed by atoms with E-state index in [1.165, 1.54) is 125 Å². The number of nitrogens with zero attached hydrogens (tertiary/aromatic N) is 4. The molecule has 0 spiro atoms. The zero-order valence-electron chi connectivity index (χ0n) is 46.9. The predicted octanol–water partition coefficient (Wildman–Crippen LogP) is 18.0. The summed E-state index contributed by atoms with van der Waals surface area (Å²) in [6.07, 6.45) is 6.88. The molecule has 0 radical (unpaired) electrons. The summed E-state index contributed by atoms with van der Waals surface area (Å²) in [6, 6.07) is 92.4. The highest BCUT2D eigenvalue weighted by Gasteiger charge is 2.47. The lowest BCUT2D eigenvalue weighted by atomic mass is 9.31. The predicted molar refractivity (Wildman–Crippen MR) is 378 cm³/mol. The molecule has 0 aromatic heterocycles. The molecule has 4 aliphatic heterocycles. The Balaban J connectivity index is 0.968. The van der Waals surface area contributed by atoms with Gasteiger partial charge in [-0.1, -0.05) is 164 Å². The van der Waals surface area contributed by atoms with Crippen LogP contribution in [0.15, 0.2) is 262 Å². The second-order valence-electron chi connectivity index (χ2n) is 22.4. The largest absolute Gasteiger partial charge is 0.311 e. The fourth-order valence-corrected chi connectivity index (χ4v) is 16.5. The molecule has 4 aliphatic rings. The number of rotatable bonds is 14. The van der Waals surface area contributed by atoms with E-state index < -0.39 is 0 Å². The van der Waals surface area contributed by atoms with E-state index in [0.29, 0.717) is 0 Å². The lowest BCUT2D eigenvalue weighted by molar-refractivity contribution is 0.795. The highest BCUT2D eigenvalue weighted by atomic mass is 127. The van der Waals surface area contributed by atoms with E-state index in [0.717, 1.165) is 52.7 Å². The smallest absolute Gasteiger partial charge is 0.252 e. The van der Waals surface area contributed by atoms with Crippen LogP contribution in [0.25, 0.3) is 0 Å². The summed E-state index contributed by atoms with van der Waals surface area (Å²) in [6.45, 7) is 4.52. The van der Waals surface area contributed by atoms with E-state index in [2.05, 4.69) is 321 Å². The maximum absolute atomic E-state index is 2.64. The number of anilines is 12. The van der Waals surface area contributed by atoms with Crippen LogP contribution in [0.2, 0.25) is 0 Å². The van der Waals surface area contributed by atoms with Crippen LogP contribution in [0.1, 0.15) is 50.7 Å². The minimum atomic E-state index is -0.0672. The van der Waals surface area contributed by atoms with Gasteiger partial charge in [-0.05, 0) is 243 Å². The lowest BCUT2D eigenvalue weighted by Gasteiger charge is -2.45. The summed E-state index contributed by atoms with van der Waals surface area (Å²) in [7, 11) is 0. The third-order valence-electron chi connectivity index (χ3n) is 17.2. The molecule has 11 aromatic carbocycles. The van der Waals surface area contributed by atoms with Crippen LogP contribution in [0.4, 0.5) is 68.2 Å². The fraction of sp³-hybridized carbons (Fsp3) is 0.108. The SMILES string of the molecule is CCCCc1ccc(N(c2ccc(I)cc2)c2cc3c4c(c2)Sc2cc5c(cc2B4c2ccccc2S3)B2c3ccccc3N(c3ccccc3)c3cc(N(c4ccc(I)cc4)c4ccc(CCCC)cc4)cc(c32)N5c2ccccc2)cc1. The van der Waals surface area contributed by atoms with Crippen molar-refractivity contribution in [3.63, 3.8) is 0 Å². The average Bonchev–Trinajstić information content (AvgIpc) is 0.955. The Labute approximate surface area is 530 Å². The normalized spacial score (nSPS) is 13.1. The van der Waals surface area contributed by atoms with Gasteiger partial charge in [0.15, 0.2) is 0 Å². The summed E-state index contributed by atoms with van der Waals surface area (Å²) in [5, 5.41) is 0. The maximum atomic E-state index is 2.64. The van der Waals surface area contributed by atoms with Crippen LogP contribution >= 0.6 is 68.7 Å². The summed E-state index contributed by atoms with van der Waals surface area (Å²) in [5.41, 5.74) is 24.7. The van der Waals surface area contributed by atoms with Crippen LogP contribution in [0.3, 0.4) is 0 Å². The maximum Gasteiger partial charge on any atom is 0.252 e. The minimum absolute atomic E-state index is 0.0385. The first-order chi connectivity index (χ1) is 41.4. The van der Waals surface area contributed by atoms with E-state index in [9.17, 15) is 0 Å². The standard InChI is InChI=1S/C74H58B2I2N4S2/c1-3-5-17-49-27-35-55(36-28-49)79(57-39-31-51(77)32-40-57)59-43-67-73-68(44-59)82(54-21-11-8-12-22-54)66-48-70-64(47-63(66)75(73)61-23-13-15-25-65(61)81(67)53-19-9-7-10-20-53)76-62-24-14-16-26-69(62)83-71-45-60(46-72(84-70)74(71)76)80(58-41-33-52(78)34-42-58)56-37-29-50(30-38-56)18-6-4-2/h7-16,19-48H,3-6,17-18H2,1-2H3.